The van der Waals surface area contributed by atoms with E-state index in [1.54, 1.807) is 11.3 Å². The molecule has 3 rings (SSSR count). The van der Waals surface area contributed by atoms with Gasteiger partial charge in [-0.15, -0.1) is 11.3 Å². The smallest absolute Gasteiger partial charge is 0.0956 e. The van der Waals surface area contributed by atoms with Crippen LogP contribution in [0.25, 0.3) is 0 Å². The fraction of sp³-hybridized carbons (Fsp3) is 0.333. The first-order chi connectivity index (χ1) is 9.14. The summed E-state index contributed by atoms with van der Waals surface area (Å²) in [5.41, 5.74) is 8.41. The normalized spacial score (nSPS) is 18.3. The maximum Gasteiger partial charge on any atom is 0.0956 e. The highest BCUT2D eigenvalue weighted by atomic mass is 79.9. The number of halogens is 1. The lowest BCUT2D eigenvalue weighted by Crippen LogP contribution is -2.37. The first-order valence-corrected chi connectivity index (χ1v) is 7.96. The number of hydrogen-bond acceptors (Lipinski definition) is 3. The van der Waals surface area contributed by atoms with E-state index in [9.17, 15) is 5.11 Å². The van der Waals surface area contributed by atoms with Gasteiger partial charge in [0.15, 0.2) is 0 Å². The lowest BCUT2D eigenvalue weighted by atomic mass is 9.78. The van der Waals surface area contributed by atoms with E-state index in [2.05, 4.69) is 40.2 Å². The van der Waals surface area contributed by atoms with Gasteiger partial charge < -0.3 is 10.8 Å². The van der Waals surface area contributed by atoms with E-state index >= 15 is 0 Å². The van der Waals surface area contributed by atoms with E-state index < -0.39 is 6.10 Å². The fourth-order valence-corrected chi connectivity index (χ4v) is 4.50. The van der Waals surface area contributed by atoms with Crippen molar-refractivity contribution in [2.75, 3.05) is 6.54 Å². The summed E-state index contributed by atoms with van der Waals surface area (Å²) in [5, 5.41) is 10.8. The first kappa shape index (κ1) is 13.3. The number of fused-ring (bicyclic) bond motifs is 1. The van der Waals surface area contributed by atoms with Gasteiger partial charge in [-0.1, -0.05) is 24.3 Å². The maximum absolute atomic E-state index is 10.8. The van der Waals surface area contributed by atoms with Gasteiger partial charge in [-0.25, -0.2) is 0 Å². The van der Waals surface area contributed by atoms with Crippen molar-refractivity contribution < 1.29 is 5.11 Å². The van der Waals surface area contributed by atoms with E-state index in [1.807, 2.05) is 12.1 Å². The number of aliphatic hydroxyl groups is 1. The lowest BCUT2D eigenvalue weighted by molar-refractivity contribution is 0.0387. The summed E-state index contributed by atoms with van der Waals surface area (Å²) in [6, 6.07) is 12.4. The Morgan fingerprint density at radius 3 is 2.32 bits per heavy atom. The Labute approximate surface area is 125 Å². The molecule has 1 aromatic carbocycles. The van der Waals surface area contributed by atoms with Crippen LogP contribution >= 0.6 is 27.3 Å². The van der Waals surface area contributed by atoms with Crippen LogP contribution in [0.15, 0.2) is 40.2 Å². The van der Waals surface area contributed by atoms with Crippen molar-refractivity contribution in [2.45, 2.75) is 18.9 Å². The lowest BCUT2D eigenvalue weighted by Gasteiger charge is -2.32. The highest BCUT2D eigenvalue weighted by Crippen LogP contribution is 2.46. The van der Waals surface area contributed by atoms with Crippen LogP contribution in [-0.4, -0.2) is 11.7 Å². The number of thiophene rings is 1. The van der Waals surface area contributed by atoms with E-state index in [1.165, 1.54) is 11.1 Å². The van der Waals surface area contributed by atoms with Gasteiger partial charge in [-0.3, -0.25) is 0 Å². The van der Waals surface area contributed by atoms with Crippen LogP contribution in [0.4, 0.5) is 0 Å². The first-order valence-electron chi connectivity index (χ1n) is 6.35. The summed E-state index contributed by atoms with van der Waals surface area (Å²) < 4.78 is 1.05. The minimum Gasteiger partial charge on any atom is -0.387 e. The quantitative estimate of drug-likeness (QED) is 0.902. The van der Waals surface area contributed by atoms with Crippen molar-refractivity contribution in [1.82, 2.24) is 0 Å². The van der Waals surface area contributed by atoms with Gasteiger partial charge in [0.1, 0.15) is 0 Å². The van der Waals surface area contributed by atoms with E-state index in [-0.39, 0.29) is 5.41 Å². The van der Waals surface area contributed by atoms with Crippen LogP contribution in [0, 0.1) is 5.41 Å². The Morgan fingerprint density at radius 1 is 1.21 bits per heavy atom. The Hall–Kier alpha value is -0.680. The molecule has 0 bridgehead atoms. The van der Waals surface area contributed by atoms with Crippen LogP contribution in [0.2, 0.25) is 0 Å². The van der Waals surface area contributed by atoms with Crippen molar-refractivity contribution >= 4 is 27.3 Å². The molecule has 2 nitrogen and oxygen atoms in total. The van der Waals surface area contributed by atoms with Crippen molar-refractivity contribution in [3.05, 3.63) is 56.2 Å². The van der Waals surface area contributed by atoms with Crippen LogP contribution in [0.3, 0.4) is 0 Å². The maximum atomic E-state index is 10.8. The van der Waals surface area contributed by atoms with Gasteiger partial charge in [-0.2, -0.15) is 0 Å². The zero-order valence-corrected chi connectivity index (χ0v) is 12.9. The molecule has 1 unspecified atom stereocenters. The van der Waals surface area contributed by atoms with Gasteiger partial charge in [0, 0.05) is 16.8 Å². The zero-order valence-electron chi connectivity index (χ0n) is 10.5. The third kappa shape index (κ3) is 2.27. The summed E-state index contributed by atoms with van der Waals surface area (Å²) in [7, 11) is 0. The predicted molar refractivity (Wildman–Crippen MR) is 82.3 cm³/mol. The molecule has 1 heterocycles. The van der Waals surface area contributed by atoms with Crippen molar-refractivity contribution in [3.63, 3.8) is 0 Å². The van der Waals surface area contributed by atoms with Crippen LogP contribution in [0.1, 0.15) is 22.1 Å². The number of rotatable bonds is 3. The summed E-state index contributed by atoms with van der Waals surface area (Å²) in [6.45, 7) is 0.498. The van der Waals surface area contributed by atoms with Gasteiger partial charge in [-0.05, 0) is 52.0 Å². The second-order valence-corrected chi connectivity index (χ2v) is 7.73. The average molecular weight is 338 g/mol. The molecule has 0 fully saturated rings. The van der Waals surface area contributed by atoms with Crippen LogP contribution < -0.4 is 5.73 Å². The molecule has 0 radical (unpaired) electrons. The molecular formula is C15H16BrNOS. The molecule has 0 spiro atoms. The highest BCUT2D eigenvalue weighted by molar-refractivity contribution is 9.11. The second-order valence-electron chi connectivity index (χ2n) is 5.23. The molecule has 0 saturated heterocycles. The summed E-state index contributed by atoms with van der Waals surface area (Å²) >= 11 is 5.04. The number of aliphatic hydroxyl groups excluding tert-OH is 1. The number of hydrogen-bond donors (Lipinski definition) is 2. The molecule has 1 aliphatic carbocycles. The molecule has 1 aliphatic rings. The number of nitrogens with two attached hydrogens (primary N) is 1. The molecule has 4 heteroatoms. The van der Waals surface area contributed by atoms with Crippen LogP contribution in [0.5, 0.6) is 0 Å². The van der Waals surface area contributed by atoms with Gasteiger partial charge >= 0.3 is 0 Å². The Bertz CT molecular complexity index is 570. The topological polar surface area (TPSA) is 46.2 Å². The standard InChI is InChI=1S/C15H16BrNOS/c16-13-6-5-12(19-13)14(18)15(9-17)7-10-3-1-2-4-11(10)8-15/h1-6,14,18H,7-9,17H2. The van der Waals surface area contributed by atoms with Gasteiger partial charge in [0.05, 0.1) is 9.89 Å². The minimum atomic E-state index is -0.499. The molecule has 0 aliphatic heterocycles. The monoisotopic (exact) mass is 337 g/mol. The molecule has 3 N–H and O–H groups in total. The molecule has 19 heavy (non-hydrogen) atoms. The van der Waals surface area contributed by atoms with Gasteiger partial charge in [0.25, 0.3) is 0 Å². The predicted octanol–water partition coefficient (Wildman–Crippen LogP) is 3.29. The SMILES string of the molecule is NCC1(C(O)c2ccc(Br)s2)Cc2ccccc2C1. The second kappa shape index (κ2) is 5.02. The van der Waals surface area contributed by atoms with Crippen molar-refractivity contribution in [2.24, 2.45) is 11.1 Å². The van der Waals surface area contributed by atoms with Crippen molar-refractivity contribution in [1.29, 1.82) is 0 Å². The molecular weight excluding hydrogens is 322 g/mol. The third-order valence-electron chi connectivity index (χ3n) is 4.05. The largest absolute Gasteiger partial charge is 0.387 e. The Balaban J connectivity index is 1.94. The zero-order chi connectivity index (χ0) is 13.5. The van der Waals surface area contributed by atoms with E-state index in [4.69, 9.17) is 5.73 Å². The van der Waals surface area contributed by atoms with Crippen LogP contribution in [-0.2, 0) is 12.8 Å². The molecule has 0 amide bonds. The number of benzene rings is 1. The van der Waals surface area contributed by atoms with E-state index in [0.29, 0.717) is 6.54 Å². The molecule has 2 aromatic rings. The van der Waals surface area contributed by atoms with E-state index in [0.717, 1.165) is 21.5 Å². The summed E-state index contributed by atoms with van der Waals surface area (Å²) in [6.07, 6.45) is 1.22. The minimum absolute atomic E-state index is 0.256. The molecule has 100 valence electrons. The average Bonchev–Trinajstić information content (AvgIpc) is 3.01. The molecule has 1 atom stereocenters. The van der Waals surface area contributed by atoms with Gasteiger partial charge in [0.2, 0.25) is 0 Å². The fourth-order valence-electron chi connectivity index (χ4n) is 2.95. The summed E-state index contributed by atoms with van der Waals surface area (Å²) in [4.78, 5) is 0.991. The highest BCUT2D eigenvalue weighted by Gasteiger charge is 2.43. The Kier molecular flexibility index (Phi) is 3.52. The third-order valence-corrected chi connectivity index (χ3v) is 5.73. The van der Waals surface area contributed by atoms with Crippen molar-refractivity contribution in [3.8, 4) is 0 Å². The molecule has 0 saturated carbocycles. The Morgan fingerprint density at radius 2 is 1.84 bits per heavy atom. The summed E-state index contributed by atoms with van der Waals surface area (Å²) in [5.74, 6) is 0. The molecule has 1 aromatic heterocycles.